The molecular weight excluding hydrogens is 376 g/mol. The van der Waals surface area contributed by atoms with Crippen molar-refractivity contribution in [3.05, 3.63) is 66.5 Å². The molecule has 0 bridgehead atoms. The molecule has 1 N–H and O–H groups in total. The van der Waals surface area contributed by atoms with E-state index in [2.05, 4.69) is 20.2 Å². The third-order valence-electron chi connectivity index (χ3n) is 5.51. The number of amides is 1. The van der Waals surface area contributed by atoms with Gasteiger partial charge in [-0.15, -0.1) is 0 Å². The summed E-state index contributed by atoms with van der Waals surface area (Å²) in [5, 5.41) is 3.05. The zero-order valence-electron chi connectivity index (χ0n) is 17.3. The van der Waals surface area contributed by atoms with Crippen LogP contribution in [0.15, 0.2) is 60.9 Å². The second-order valence-corrected chi connectivity index (χ2v) is 7.61. The highest BCUT2D eigenvalue weighted by Crippen LogP contribution is 2.27. The number of nitrogens with one attached hydrogen (secondary N) is 1. The molecule has 4 rings (SSSR count). The average molecular weight is 402 g/mol. The van der Waals surface area contributed by atoms with Gasteiger partial charge in [-0.1, -0.05) is 12.1 Å². The number of methoxy groups -OCH3 is 1. The lowest BCUT2D eigenvalue weighted by Crippen LogP contribution is -2.38. The average Bonchev–Trinajstić information content (AvgIpc) is 2.79. The van der Waals surface area contributed by atoms with Gasteiger partial charge in [0, 0.05) is 36.3 Å². The van der Waals surface area contributed by atoms with Crippen molar-refractivity contribution in [1.29, 1.82) is 0 Å². The van der Waals surface area contributed by atoms with Gasteiger partial charge in [-0.2, -0.15) is 0 Å². The van der Waals surface area contributed by atoms with Gasteiger partial charge in [0.25, 0.3) is 0 Å². The number of piperidine rings is 1. The van der Waals surface area contributed by atoms with Crippen molar-refractivity contribution >= 4 is 17.4 Å². The summed E-state index contributed by atoms with van der Waals surface area (Å²) >= 11 is 0. The number of carbonyl (C=O) groups excluding carboxylic acids is 1. The van der Waals surface area contributed by atoms with E-state index in [1.54, 1.807) is 13.4 Å². The maximum atomic E-state index is 12.6. The van der Waals surface area contributed by atoms with Gasteiger partial charge in [0.15, 0.2) is 0 Å². The highest BCUT2D eigenvalue weighted by Gasteiger charge is 2.26. The molecule has 2 aromatic carbocycles. The fourth-order valence-corrected chi connectivity index (χ4v) is 3.78. The Morgan fingerprint density at radius 3 is 2.53 bits per heavy atom. The maximum Gasteiger partial charge on any atom is 0.227 e. The number of aromatic nitrogens is 2. The number of hydrogen-bond acceptors (Lipinski definition) is 5. The van der Waals surface area contributed by atoms with Gasteiger partial charge < -0.3 is 15.0 Å². The maximum absolute atomic E-state index is 12.6. The molecule has 1 saturated heterocycles. The zero-order chi connectivity index (χ0) is 20.9. The fraction of sp³-hybridized carbons (Fsp3) is 0.292. The van der Waals surface area contributed by atoms with Crippen LogP contribution in [0.5, 0.6) is 5.75 Å². The van der Waals surface area contributed by atoms with Crippen molar-refractivity contribution in [3.8, 4) is 17.0 Å². The molecule has 6 nitrogen and oxygen atoms in total. The number of anilines is 2. The van der Waals surface area contributed by atoms with Gasteiger partial charge in [-0.25, -0.2) is 9.97 Å². The largest absolute Gasteiger partial charge is 0.497 e. The number of hydrogen-bond donors (Lipinski definition) is 1. The number of ether oxygens (including phenoxy) is 1. The van der Waals surface area contributed by atoms with Crippen LogP contribution in [-0.2, 0) is 4.79 Å². The molecular formula is C24H26N4O2. The summed E-state index contributed by atoms with van der Waals surface area (Å²) in [4.78, 5) is 23.7. The van der Waals surface area contributed by atoms with Crippen molar-refractivity contribution in [1.82, 2.24) is 9.97 Å². The predicted octanol–water partition coefficient (Wildman–Crippen LogP) is 4.32. The molecule has 0 atom stereocenters. The van der Waals surface area contributed by atoms with E-state index in [-0.39, 0.29) is 11.8 Å². The summed E-state index contributed by atoms with van der Waals surface area (Å²) in [5.74, 6) is 1.83. The lowest BCUT2D eigenvalue weighted by molar-refractivity contribution is -0.120. The lowest BCUT2D eigenvalue weighted by Gasteiger charge is -2.32. The zero-order valence-corrected chi connectivity index (χ0v) is 17.3. The van der Waals surface area contributed by atoms with Crippen LogP contribution in [0.3, 0.4) is 0 Å². The van der Waals surface area contributed by atoms with Crippen LogP contribution < -0.4 is 15.0 Å². The summed E-state index contributed by atoms with van der Waals surface area (Å²) in [6.45, 7) is 3.62. The first kappa shape index (κ1) is 19.9. The van der Waals surface area contributed by atoms with Gasteiger partial charge in [-0.3, -0.25) is 4.79 Å². The Bertz CT molecular complexity index is 1010. The molecule has 1 aromatic heterocycles. The SMILES string of the molecule is COc1ccc(-c2cc(N3CCC(C(=O)Nc4cccc(C)c4)CC3)ncn2)cc1. The number of benzene rings is 2. The van der Waals surface area contributed by atoms with E-state index in [1.807, 2.05) is 61.5 Å². The van der Waals surface area contributed by atoms with Crippen LogP contribution in [0.4, 0.5) is 11.5 Å². The van der Waals surface area contributed by atoms with Crippen LogP contribution in [0, 0.1) is 12.8 Å². The van der Waals surface area contributed by atoms with E-state index in [0.717, 1.165) is 60.0 Å². The van der Waals surface area contributed by atoms with E-state index in [1.165, 1.54) is 0 Å². The first-order chi connectivity index (χ1) is 14.6. The molecule has 154 valence electrons. The van der Waals surface area contributed by atoms with Gasteiger partial charge in [-0.05, 0) is 61.7 Å². The van der Waals surface area contributed by atoms with Crippen LogP contribution in [0.25, 0.3) is 11.3 Å². The molecule has 1 fully saturated rings. The number of nitrogens with zero attached hydrogens (tertiary/aromatic N) is 3. The Labute approximate surface area is 176 Å². The molecule has 2 heterocycles. The Morgan fingerprint density at radius 2 is 1.83 bits per heavy atom. The van der Waals surface area contributed by atoms with E-state index in [4.69, 9.17) is 4.74 Å². The molecule has 0 saturated carbocycles. The minimum absolute atomic E-state index is 0.0182. The van der Waals surface area contributed by atoms with E-state index >= 15 is 0 Å². The van der Waals surface area contributed by atoms with E-state index < -0.39 is 0 Å². The normalized spacial score (nSPS) is 14.4. The number of aryl methyl sites for hydroxylation is 1. The van der Waals surface area contributed by atoms with Gasteiger partial charge in [0.05, 0.1) is 12.8 Å². The highest BCUT2D eigenvalue weighted by atomic mass is 16.5. The van der Waals surface area contributed by atoms with Crippen molar-refractivity contribution in [3.63, 3.8) is 0 Å². The van der Waals surface area contributed by atoms with Gasteiger partial charge in [0.1, 0.15) is 17.9 Å². The second-order valence-electron chi connectivity index (χ2n) is 7.61. The molecule has 1 aliphatic rings. The summed E-state index contributed by atoms with van der Waals surface area (Å²) in [6.07, 6.45) is 3.21. The second kappa shape index (κ2) is 8.95. The number of carbonyl (C=O) groups is 1. The van der Waals surface area contributed by atoms with Crippen LogP contribution >= 0.6 is 0 Å². The first-order valence-electron chi connectivity index (χ1n) is 10.2. The molecule has 1 aliphatic heterocycles. The standard InChI is InChI=1S/C24H26N4O2/c1-17-4-3-5-20(14-17)27-24(29)19-10-12-28(13-11-19)23-15-22(25-16-26-23)18-6-8-21(30-2)9-7-18/h3-9,14-16,19H,10-13H2,1-2H3,(H,27,29). The first-order valence-corrected chi connectivity index (χ1v) is 10.2. The Morgan fingerprint density at radius 1 is 1.07 bits per heavy atom. The van der Waals surface area contributed by atoms with Crippen molar-refractivity contribution in [2.75, 3.05) is 30.4 Å². The number of rotatable bonds is 5. The summed E-state index contributed by atoms with van der Waals surface area (Å²) in [7, 11) is 1.66. The Kier molecular flexibility index (Phi) is 5.93. The molecule has 0 spiro atoms. The van der Waals surface area contributed by atoms with Crippen LogP contribution in [0.1, 0.15) is 18.4 Å². The summed E-state index contributed by atoms with van der Waals surface area (Å²) in [5.41, 5.74) is 3.90. The Balaban J connectivity index is 1.38. The summed E-state index contributed by atoms with van der Waals surface area (Å²) in [6, 6.07) is 17.8. The van der Waals surface area contributed by atoms with Crippen molar-refractivity contribution < 1.29 is 9.53 Å². The minimum atomic E-state index is 0.0182. The van der Waals surface area contributed by atoms with E-state index in [9.17, 15) is 4.79 Å². The lowest BCUT2D eigenvalue weighted by atomic mass is 9.95. The molecule has 3 aromatic rings. The molecule has 0 radical (unpaired) electrons. The Hall–Kier alpha value is -3.41. The topological polar surface area (TPSA) is 67.3 Å². The molecule has 6 heteroatoms. The molecule has 1 amide bonds. The third kappa shape index (κ3) is 4.59. The van der Waals surface area contributed by atoms with Crippen LogP contribution in [-0.4, -0.2) is 36.1 Å². The molecule has 0 aliphatic carbocycles. The summed E-state index contributed by atoms with van der Waals surface area (Å²) < 4.78 is 5.22. The predicted molar refractivity (Wildman–Crippen MR) is 119 cm³/mol. The quantitative estimate of drug-likeness (QED) is 0.689. The van der Waals surface area contributed by atoms with Gasteiger partial charge in [0.2, 0.25) is 5.91 Å². The molecule has 30 heavy (non-hydrogen) atoms. The minimum Gasteiger partial charge on any atom is -0.497 e. The highest BCUT2D eigenvalue weighted by molar-refractivity contribution is 5.92. The fourth-order valence-electron chi connectivity index (χ4n) is 3.78. The third-order valence-corrected chi connectivity index (χ3v) is 5.51. The van der Waals surface area contributed by atoms with Crippen molar-refractivity contribution in [2.45, 2.75) is 19.8 Å². The monoisotopic (exact) mass is 402 g/mol. The van der Waals surface area contributed by atoms with Crippen LogP contribution in [0.2, 0.25) is 0 Å². The van der Waals surface area contributed by atoms with Crippen molar-refractivity contribution in [2.24, 2.45) is 5.92 Å². The van der Waals surface area contributed by atoms with Gasteiger partial charge >= 0.3 is 0 Å². The van der Waals surface area contributed by atoms with E-state index in [0.29, 0.717) is 0 Å². The smallest absolute Gasteiger partial charge is 0.227 e. The molecule has 0 unspecified atom stereocenters.